The highest BCUT2D eigenvalue weighted by Crippen LogP contribution is 2.08. The normalized spacial score (nSPS) is 11.1. The molecule has 0 aliphatic rings. The van der Waals surface area contributed by atoms with E-state index < -0.39 is 0 Å². The number of nitrogens with zero attached hydrogens (tertiary/aromatic N) is 3. The molecule has 1 aromatic heterocycles. The third kappa shape index (κ3) is 4.40. The lowest BCUT2D eigenvalue weighted by atomic mass is 10.2. The fraction of sp³-hybridized carbons (Fsp3) is 0.412. The Morgan fingerprint density at radius 3 is 2.39 bits per heavy atom. The predicted octanol–water partition coefficient (Wildman–Crippen LogP) is 0.733. The van der Waals surface area contributed by atoms with Gasteiger partial charge in [0.05, 0.1) is 6.61 Å². The van der Waals surface area contributed by atoms with Crippen molar-refractivity contribution in [3.05, 3.63) is 68.5 Å². The molecule has 0 aliphatic heterocycles. The van der Waals surface area contributed by atoms with Gasteiger partial charge < -0.3 is 4.74 Å². The van der Waals surface area contributed by atoms with Gasteiger partial charge in [0.25, 0.3) is 5.56 Å². The summed E-state index contributed by atoms with van der Waals surface area (Å²) in [5.74, 6) is 0. The highest BCUT2D eigenvalue weighted by molar-refractivity contribution is 5.14. The van der Waals surface area contributed by atoms with Crippen molar-refractivity contribution in [2.45, 2.75) is 13.1 Å². The zero-order chi connectivity index (χ0) is 16.8. The lowest BCUT2D eigenvalue weighted by Crippen LogP contribution is -2.39. The fourth-order valence-electron chi connectivity index (χ4n) is 2.44. The van der Waals surface area contributed by atoms with Crippen molar-refractivity contribution in [2.24, 2.45) is 14.1 Å². The van der Waals surface area contributed by atoms with Gasteiger partial charge in [0.2, 0.25) is 0 Å². The van der Waals surface area contributed by atoms with Gasteiger partial charge in [0.1, 0.15) is 0 Å². The minimum Gasteiger partial charge on any atom is -0.383 e. The molecular formula is C17H23N3O3. The molecule has 0 bridgehead atoms. The molecule has 124 valence electrons. The Morgan fingerprint density at radius 1 is 1.04 bits per heavy atom. The summed E-state index contributed by atoms with van der Waals surface area (Å²) in [6.07, 6.45) is 0. The molecule has 0 radical (unpaired) electrons. The van der Waals surface area contributed by atoms with Crippen LogP contribution in [0.3, 0.4) is 0 Å². The topological polar surface area (TPSA) is 56.5 Å². The summed E-state index contributed by atoms with van der Waals surface area (Å²) in [6, 6.07) is 11.6. The smallest absolute Gasteiger partial charge is 0.330 e. The van der Waals surface area contributed by atoms with Crippen molar-refractivity contribution in [1.29, 1.82) is 0 Å². The van der Waals surface area contributed by atoms with E-state index in [0.29, 0.717) is 18.8 Å². The van der Waals surface area contributed by atoms with E-state index >= 15 is 0 Å². The van der Waals surface area contributed by atoms with E-state index in [-0.39, 0.29) is 11.2 Å². The van der Waals surface area contributed by atoms with Crippen LogP contribution in [-0.2, 0) is 31.9 Å². The molecule has 0 spiro atoms. The molecule has 1 aromatic carbocycles. The van der Waals surface area contributed by atoms with E-state index in [1.165, 1.54) is 23.2 Å². The van der Waals surface area contributed by atoms with Crippen LogP contribution in [0.1, 0.15) is 11.3 Å². The Balaban J connectivity index is 2.24. The van der Waals surface area contributed by atoms with Crippen LogP contribution in [0.15, 0.2) is 46.0 Å². The SMILES string of the molecule is COCCN(Cc1ccccc1)Cc1cc(=O)n(C)c(=O)n1C. The Labute approximate surface area is 135 Å². The Kier molecular flexibility index (Phi) is 5.90. The highest BCUT2D eigenvalue weighted by Gasteiger charge is 2.12. The van der Waals surface area contributed by atoms with Crippen LogP contribution in [0.2, 0.25) is 0 Å². The quantitative estimate of drug-likeness (QED) is 0.755. The number of hydrogen-bond acceptors (Lipinski definition) is 4. The van der Waals surface area contributed by atoms with Crippen LogP contribution in [0.25, 0.3) is 0 Å². The van der Waals surface area contributed by atoms with Crippen molar-refractivity contribution in [2.75, 3.05) is 20.3 Å². The first-order chi connectivity index (χ1) is 11.0. The van der Waals surface area contributed by atoms with Gasteiger partial charge in [-0.1, -0.05) is 30.3 Å². The molecule has 0 unspecified atom stereocenters. The molecule has 0 saturated heterocycles. The maximum absolute atomic E-state index is 12.0. The lowest BCUT2D eigenvalue weighted by Gasteiger charge is -2.23. The Bertz CT molecular complexity index is 750. The second kappa shape index (κ2) is 7.89. The van der Waals surface area contributed by atoms with Gasteiger partial charge >= 0.3 is 5.69 Å². The molecule has 23 heavy (non-hydrogen) atoms. The van der Waals surface area contributed by atoms with Crippen LogP contribution in [-0.4, -0.2) is 34.3 Å². The molecule has 0 aliphatic carbocycles. The summed E-state index contributed by atoms with van der Waals surface area (Å²) in [4.78, 5) is 26.1. The number of rotatable bonds is 7. The van der Waals surface area contributed by atoms with Crippen molar-refractivity contribution < 1.29 is 4.74 Å². The average Bonchev–Trinajstić information content (AvgIpc) is 2.56. The Hall–Kier alpha value is -2.18. The van der Waals surface area contributed by atoms with E-state index in [0.717, 1.165) is 17.7 Å². The van der Waals surface area contributed by atoms with Crippen LogP contribution in [0.4, 0.5) is 0 Å². The first-order valence-corrected chi connectivity index (χ1v) is 7.54. The Morgan fingerprint density at radius 2 is 1.74 bits per heavy atom. The summed E-state index contributed by atoms with van der Waals surface area (Å²) < 4.78 is 7.80. The van der Waals surface area contributed by atoms with Crippen LogP contribution in [0.5, 0.6) is 0 Å². The molecule has 6 nitrogen and oxygen atoms in total. The first kappa shape index (κ1) is 17.2. The summed E-state index contributed by atoms with van der Waals surface area (Å²) in [5, 5.41) is 0. The van der Waals surface area contributed by atoms with Gasteiger partial charge in [0, 0.05) is 52.6 Å². The molecule has 0 fully saturated rings. The summed E-state index contributed by atoms with van der Waals surface area (Å²) in [7, 11) is 4.84. The second-order valence-corrected chi connectivity index (χ2v) is 5.56. The maximum Gasteiger partial charge on any atom is 0.330 e. The summed E-state index contributed by atoms with van der Waals surface area (Å²) in [6.45, 7) is 2.55. The monoisotopic (exact) mass is 317 g/mol. The second-order valence-electron chi connectivity index (χ2n) is 5.56. The number of ether oxygens (including phenoxy) is 1. The fourth-order valence-corrected chi connectivity index (χ4v) is 2.44. The molecule has 6 heteroatoms. The lowest BCUT2D eigenvalue weighted by molar-refractivity contribution is 0.138. The molecule has 2 aromatic rings. The molecule has 0 amide bonds. The number of methoxy groups -OCH3 is 1. The molecular weight excluding hydrogens is 294 g/mol. The van der Waals surface area contributed by atoms with Gasteiger partial charge in [-0.3, -0.25) is 18.8 Å². The summed E-state index contributed by atoms with van der Waals surface area (Å²) >= 11 is 0. The van der Waals surface area contributed by atoms with Crippen molar-refractivity contribution in [3.63, 3.8) is 0 Å². The molecule has 0 atom stereocenters. The third-order valence-electron chi connectivity index (χ3n) is 3.87. The largest absolute Gasteiger partial charge is 0.383 e. The first-order valence-electron chi connectivity index (χ1n) is 7.54. The van der Waals surface area contributed by atoms with E-state index in [1.54, 1.807) is 14.2 Å². The number of hydrogen-bond donors (Lipinski definition) is 0. The predicted molar refractivity (Wildman–Crippen MR) is 89.4 cm³/mol. The van der Waals surface area contributed by atoms with E-state index in [2.05, 4.69) is 17.0 Å². The summed E-state index contributed by atoms with van der Waals surface area (Å²) in [5.41, 5.74) is 1.29. The average molecular weight is 317 g/mol. The van der Waals surface area contributed by atoms with Crippen molar-refractivity contribution >= 4 is 0 Å². The zero-order valence-electron chi connectivity index (χ0n) is 13.9. The van der Waals surface area contributed by atoms with Crippen LogP contribution in [0, 0.1) is 0 Å². The maximum atomic E-state index is 12.0. The van der Waals surface area contributed by atoms with Crippen molar-refractivity contribution in [3.8, 4) is 0 Å². The molecule has 2 rings (SSSR count). The zero-order valence-corrected chi connectivity index (χ0v) is 13.9. The van der Waals surface area contributed by atoms with E-state index in [4.69, 9.17) is 4.74 Å². The van der Waals surface area contributed by atoms with Crippen LogP contribution < -0.4 is 11.2 Å². The molecule has 0 N–H and O–H groups in total. The molecule has 1 heterocycles. The number of aromatic nitrogens is 2. The van der Waals surface area contributed by atoms with Gasteiger partial charge in [-0.05, 0) is 5.56 Å². The minimum atomic E-state index is -0.307. The highest BCUT2D eigenvalue weighted by atomic mass is 16.5. The minimum absolute atomic E-state index is 0.283. The third-order valence-corrected chi connectivity index (χ3v) is 3.87. The van der Waals surface area contributed by atoms with E-state index in [1.807, 2.05) is 18.2 Å². The van der Waals surface area contributed by atoms with Gasteiger partial charge in [0.15, 0.2) is 0 Å². The van der Waals surface area contributed by atoms with Gasteiger partial charge in [-0.25, -0.2) is 4.79 Å². The van der Waals surface area contributed by atoms with Gasteiger partial charge in [-0.2, -0.15) is 0 Å². The number of benzene rings is 1. The standard InChI is InChI=1S/C17H23N3O3/c1-18-15(11-16(21)19(2)17(18)22)13-20(9-10-23-3)12-14-7-5-4-6-8-14/h4-8,11H,9-10,12-13H2,1-3H3. The van der Waals surface area contributed by atoms with Gasteiger partial charge in [-0.15, -0.1) is 0 Å². The van der Waals surface area contributed by atoms with E-state index in [9.17, 15) is 9.59 Å². The molecule has 0 saturated carbocycles. The van der Waals surface area contributed by atoms with Crippen LogP contribution >= 0.6 is 0 Å². The van der Waals surface area contributed by atoms with Crippen molar-refractivity contribution in [1.82, 2.24) is 14.0 Å².